The Morgan fingerprint density at radius 1 is 1.26 bits per heavy atom. The number of hydrogen-bond acceptors (Lipinski definition) is 6. The second-order valence-electron chi connectivity index (χ2n) is 5.36. The Labute approximate surface area is 158 Å². The zero-order chi connectivity index (χ0) is 19.6. The first-order valence-electron chi connectivity index (χ1n) is 7.51. The SMILES string of the molecule is NC=C(C=Nc1nc2cc(Cl)c(S(=O)(=O)c3ccccc3)cc2[nH]1)C(=O)O. The first-order valence-corrected chi connectivity index (χ1v) is 9.37. The van der Waals surface area contributed by atoms with E-state index in [1.165, 1.54) is 24.3 Å². The van der Waals surface area contributed by atoms with Gasteiger partial charge >= 0.3 is 5.97 Å². The van der Waals surface area contributed by atoms with E-state index in [4.69, 9.17) is 22.4 Å². The Balaban J connectivity index is 2.05. The van der Waals surface area contributed by atoms with Crippen molar-refractivity contribution in [3.8, 4) is 0 Å². The summed E-state index contributed by atoms with van der Waals surface area (Å²) in [6.07, 6.45) is 1.93. The highest BCUT2D eigenvalue weighted by Gasteiger charge is 2.22. The van der Waals surface area contributed by atoms with Crippen LogP contribution in [0.5, 0.6) is 0 Å². The molecular formula is C17H13ClN4O4S. The number of halogens is 1. The van der Waals surface area contributed by atoms with Crippen LogP contribution in [0.15, 0.2) is 69.0 Å². The number of H-pyrrole nitrogens is 1. The molecule has 0 spiro atoms. The van der Waals surface area contributed by atoms with Crippen LogP contribution < -0.4 is 5.73 Å². The van der Waals surface area contributed by atoms with E-state index in [1.807, 2.05) is 0 Å². The molecule has 1 aromatic heterocycles. The van der Waals surface area contributed by atoms with Crippen LogP contribution in [0.4, 0.5) is 5.95 Å². The average Bonchev–Trinajstić information content (AvgIpc) is 3.03. The fraction of sp³-hybridized carbons (Fsp3) is 0. The van der Waals surface area contributed by atoms with Crippen molar-refractivity contribution in [3.05, 3.63) is 59.3 Å². The van der Waals surface area contributed by atoms with Crippen molar-refractivity contribution in [2.45, 2.75) is 9.79 Å². The molecule has 0 amide bonds. The number of aromatic amines is 1. The first-order chi connectivity index (χ1) is 12.8. The lowest BCUT2D eigenvalue weighted by atomic mass is 10.3. The minimum Gasteiger partial charge on any atom is -0.478 e. The lowest BCUT2D eigenvalue weighted by Gasteiger charge is -2.06. The van der Waals surface area contributed by atoms with Crippen molar-refractivity contribution < 1.29 is 18.3 Å². The zero-order valence-electron chi connectivity index (χ0n) is 13.6. The number of aliphatic imine (C=N–C) groups is 1. The molecule has 0 atom stereocenters. The third kappa shape index (κ3) is 3.69. The van der Waals surface area contributed by atoms with Crippen molar-refractivity contribution in [1.29, 1.82) is 0 Å². The number of fused-ring (bicyclic) bond motifs is 1. The molecule has 0 aliphatic carbocycles. The van der Waals surface area contributed by atoms with Crippen LogP contribution in [0.25, 0.3) is 11.0 Å². The Kier molecular flexibility index (Phi) is 4.98. The summed E-state index contributed by atoms with van der Waals surface area (Å²) < 4.78 is 25.6. The van der Waals surface area contributed by atoms with Crippen molar-refractivity contribution in [2.24, 2.45) is 10.7 Å². The molecule has 0 saturated heterocycles. The summed E-state index contributed by atoms with van der Waals surface area (Å²) in [5, 5.41) is 8.92. The number of aromatic nitrogens is 2. The Morgan fingerprint density at radius 2 is 1.96 bits per heavy atom. The van der Waals surface area contributed by atoms with Gasteiger partial charge in [-0.2, -0.15) is 0 Å². The topological polar surface area (TPSA) is 138 Å². The quantitative estimate of drug-likeness (QED) is 0.441. The van der Waals surface area contributed by atoms with Gasteiger partial charge in [-0.3, -0.25) is 0 Å². The van der Waals surface area contributed by atoms with Gasteiger partial charge in [0.2, 0.25) is 15.8 Å². The zero-order valence-corrected chi connectivity index (χ0v) is 15.2. The van der Waals surface area contributed by atoms with E-state index in [2.05, 4.69) is 15.0 Å². The smallest absolute Gasteiger partial charge is 0.338 e. The molecule has 138 valence electrons. The molecule has 0 aliphatic heterocycles. The van der Waals surface area contributed by atoms with Crippen LogP contribution in [0.3, 0.4) is 0 Å². The summed E-state index contributed by atoms with van der Waals surface area (Å²) in [5.74, 6) is -1.16. The molecule has 3 aromatic rings. The standard InChI is InChI=1S/C17H13ClN4O4S/c18-12-6-13-14(22-17(21-13)20-9-10(8-19)16(23)24)7-15(12)27(25,26)11-4-2-1-3-5-11/h1-9H,19H2,(H,21,22)(H,23,24). The van der Waals surface area contributed by atoms with E-state index in [-0.39, 0.29) is 26.3 Å². The Hall–Kier alpha value is -3.17. The molecular weight excluding hydrogens is 392 g/mol. The molecule has 10 heteroatoms. The summed E-state index contributed by atoms with van der Waals surface area (Å²) in [7, 11) is -3.81. The summed E-state index contributed by atoms with van der Waals surface area (Å²) in [6, 6.07) is 10.7. The monoisotopic (exact) mass is 404 g/mol. The summed E-state index contributed by atoms with van der Waals surface area (Å²) in [5.41, 5.74) is 5.75. The number of nitrogens with zero attached hydrogens (tertiary/aromatic N) is 2. The van der Waals surface area contributed by atoms with Crippen LogP contribution >= 0.6 is 11.6 Å². The third-order valence-corrected chi connectivity index (χ3v) is 5.85. The van der Waals surface area contributed by atoms with Crippen molar-refractivity contribution >= 4 is 50.6 Å². The number of hydrogen-bond donors (Lipinski definition) is 3. The normalized spacial score (nSPS) is 12.7. The third-order valence-electron chi connectivity index (χ3n) is 3.62. The number of sulfone groups is 1. The number of carbonyl (C=O) groups is 1. The molecule has 0 aliphatic rings. The maximum Gasteiger partial charge on any atom is 0.338 e. The maximum atomic E-state index is 12.8. The summed E-state index contributed by atoms with van der Waals surface area (Å²) in [6.45, 7) is 0. The Bertz CT molecular complexity index is 1180. The van der Waals surface area contributed by atoms with Crippen LogP contribution in [0.1, 0.15) is 0 Å². The van der Waals surface area contributed by atoms with Crippen molar-refractivity contribution in [2.75, 3.05) is 0 Å². The van der Waals surface area contributed by atoms with E-state index in [0.717, 1.165) is 12.4 Å². The summed E-state index contributed by atoms with van der Waals surface area (Å²) in [4.78, 5) is 21.8. The highest BCUT2D eigenvalue weighted by molar-refractivity contribution is 7.91. The van der Waals surface area contributed by atoms with Gasteiger partial charge in [0.15, 0.2) is 0 Å². The number of carboxylic acids is 1. The van der Waals surface area contributed by atoms with Gasteiger partial charge in [0.1, 0.15) is 0 Å². The number of aliphatic carboxylic acids is 1. The van der Waals surface area contributed by atoms with Crippen molar-refractivity contribution in [3.63, 3.8) is 0 Å². The number of imidazole rings is 1. The van der Waals surface area contributed by atoms with E-state index in [1.54, 1.807) is 18.2 Å². The second-order valence-corrected chi connectivity index (χ2v) is 7.69. The Morgan fingerprint density at radius 3 is 2.59 bits per heavy atom. The van der Waals surface area contributed by atoms with Crippen LogP contribution in [-0.2, 0) is 14.6 Å². The van der Waals surface area contributed by atoms with E-state index in [0.29, 0.717) is 11.0 Å². The fourth-order valence-corrected chi connectivity index (χ4v) is 4.11. The highest BCUT2D eigenvalue weighted by atomic mass is 35.5. The van der Waals surface area contributed by atoms with Gasteiger partial charge in [0, 0.05) is 12.4 Å². The lowest BCUT2D eigenvalue weighted by molar-refractivity contribution is -0.132. The molecule has 8 nitrogen and oxygen atoms in total. The predicted octanol–water partition coefficient (Wildman–Crippen LogP) is 2.68. The number of rotatable bonds is 5. The highest BCUT2D eigenvalue weighted by Crippen LogP contribution is 2.31. The van der Waals surface area contributed by atoms with Gasteiger partial charge in [0.25, 0.3) is 0 Å². The average molecular weight is 405 g/mol. The van der Waals surface area contributed by atoms with Gasteiger partial charge in [0.05, 0.1) is 31.4 Å². The maximum absolute atomic E-state index is 12.8. The molecule has 3 rings (SSSR count). The molecule has 2 aromatic carbocycles. The molecule has 27 heavy (non-hydrogen) atoms. The molecule has 0 saturated carbocycles. The second kappa shape index (κ2) is 7.22. The molecule has 0 unspecified atom stereocenters. The number of carboxylic acid groups (broad SMARTS) is 1. The fourth-order valence-electron chi connectivity index (χ4n) is 2.29. The number of nitrogens with one attached hydrogen (secondary N) is 1. The van der Waals surface area contributed by atoms with E-state index < -0.39 is 15.8 Å². The molecule has 0 bridgehead atoms. The summed E-state index contributed by atoms with van der Waals surface area (Å²) >= 11 is 6.16. The van der Waals surface area contributed by atoms with Crippen molar-refractivity contribution in [1.82, 2.24) is 9.97 Å². The van der Waals surface area contributed by atoms with Crippen LogP contribution in [0, 0.1) is 0 Å². The number of benzene rings is 2. The van der Waals surface area contributed by atoms with E-state index >= 15 is 0 Å². The minimum absolute atomic E-state index is 0.0152. The molecule has 0 radical (unpaired) electrons. The lowest BCUT2D eigenvalue weighted by Crippen LogP contribution is -2.04. The van der Waals surface area contributed by atoms with Gasteiger partial charge in [-0.15, -0.1) is 0 Å². The van der Waals surface area contributed by atoms with Crippen LogP contribution in [0.2, 0.25) is 5.02 Å². The molecule has 4 N–H and O–H groups in total. The van der Waals surface area contributed by atoms with Crippen LogP contribution in [-0.4, -0.2) is 35.7 Å². The molecule has 0 fully saturated rings. The first kappa shape index (κ1) is 18.6. The minimum atomic E-state index is -3.81. The van der Waals surface area contributed by atoms with Gasteiger partial charge in [-0.1, -0.05) is 29.8 Å². The predicted molar refractivity (Wildman–Crippen MR) is 101 cm³/mol. The largest absolute Gasteiger partial charge is 0.478 e. The van der Waals surface area contributed by atoms with Gasteiger partial charge in [-0.25, -0.2) is 23.2 Å². The van der Waals surface area contributed by atoms with E-state index in [9.17, 15) is 13.2 Å². The number of nitrogens with two attached hydrogens (primary N) is 1. The van der Waals surface area contributed by atoms with Gasteiger partial charge in [-0.05, 0) is 24.3 Å². The molecule has 1 heterocycles. The van der Waals surface area contributed by atoms with Gasteiger partial charge < -0.3 is 15.8 Å².